The smallest absolute Gasteiger partial charge is 0.411 e. The number of carbonyl (C=O) groups is 1. The average Bonchev–Trinajstić information content (AvgIpc) is 2.27. The fourth-order valence-electron chi connectivity index (χ4n) is 0.960. The molecule has 1 N–H and O–H groups in total. The molecule has 0 saturated heterocycles. The first-order chi connectivity index (χ1) is 7.26. The van der Waals surface area contributed by atoms with Crippen molar-refractivity contribution < 1.29 is 14.3 Å². The van der Waals surface area contributed by atoms with Crippen LogP contribution in [-0.4, -0.2) is 25.7 Å². The van der Waals surface area contributed by atoms with E-state index in [1.54, 1.807) is 31.4 Å². The van der Waals surface area contributed by atoms with Crippen molar-refractivity contribution >= 4 is 23.4 Å². The molecule has 0 bridgehead atoms. The van der Waals surface area contributed by atoms with Gasteiger partial charge in [0, 0.05) is 5.69 Å². The van der Waals surface area contributed by atoms with E-state index in [0.29, 0.717) is 5.69 Å². The van der Waals surface area contributed by atoms with Crippen molar-refractivity contribution in [3.05, 3.63) is 24.3 Å². The summed E-state index contributed by atoms with van der Waals surface area (Å²) in [6.45, 7) is 0.198. The van der Waals surface area contributed by atoms with Gasteiger partial charge in [-0.05, 0) is 24.3 Å². The Morgan fingerprint density at radius 3 is 2.60 bits per heavy atom. The van der Waals surface area contributed by atoms with Gasteiger partial charge in [0.2, 0.25) is 0 Å². The number of amides is 1. The van der Waals surface area contributed by atoms with Crippen LogP contribution in [-0.2, 0) is 4.74 Å². The third-order valence-electron chi connectivity index (χ3n) is 1.65. The minimum absolute atomic E-state index is 0.198. The summed E-state index contributed by atoms with van der Waals surface area (Å²) in [7, 11) is 1.58. The molecule has 0 aliphatic rings. The van der Waals surface area contributed by atoms with E-state index in [4.69, 9.17) is 21.1 Å². The molecule has 0 spiro atoms. The Balaban J connectivity index is 2.46. The summed E-state index contributed by atoms with van der Waals surface area (Å²) in [6, 6.07) is 6.94. The van der Waals surface area contributed by atoms with Gasteiger partial charge in [-0.2, -0.15) is 0 Å². The number of methoxy groups -OCH3 is 1. The van der Waals surface area contributed by atoms with Crippen molar-refractivity contribution in [3.8, 4) is 5.75 Å². The monoisotopic (exact) mass is 229 g/mol. The summed E-state index contributed by atoms with van der Waals surface area (Å²) in [6.07, 6.45) is -0.513. The van der Waals surface area contributed by atoms with Gasteiger partial charge < -0.3 is 9.47 Å². The zero-order valence-corrected chi connectivity index (χ0v) is 9.08. The van der Waals surface area contributed by atoms with Crippen LogP contribution in [0.2, 0.25) is 0 Å². The van der Waals surface area contributed by atoms with E-state index in [1.807, 2.05) is 0 Å². The van der Waals surface area contributed by atoms with Gasteiger partial charge in [0.1, 0.15) is 12.4 Å². The predicted molar refractivity (Wildman–Crippen MR) is 58.7 cm³/mol. The molecule has 4 nitrogen and oxygen atoms in total. The largest absolute Gasteiger partial charge is 0.497 e. The van der Waals surface area contributed by atoms with E-state index in [2.05, 4.69) is 5.32 Å². The van der Waals surface area contributed by atoms with Crippen LogP contribution in [0.1, 0.15) is 0 Å². The lowest BCUT2D eigenvalue weighted by atomic mass is 10.3. The molecule has 82 valence electrons. The molecular formula is C10H12ClNO3. The maximum atomic E-state index is 11.1. The summed E-state index contributed by atoms with van der Waals surface area (Å²) >= 11 is 5.37. The van der Waals surface area contributed by atoms with Gasteiger partial charge in [-0.15, -0.1) is 11.6 Å². The first-order valence-electron chi connectivity index (χ1n) is 4.40. The van der Waals surface area contributed by atoms with Crippen molar-refractivity contribution in [1.29, 1.82) is 0 Å². The van der Waals surface area contributed by atoms with E-state index >= 15 is 0 Å². The topological polar surface area (TPSA) is 47.6 Å². The van der Waals surface area contributed by atoms with Crippen LogP contribution in [0, 0.1) is 0 Å². The lowest BCUT2D eigenvalue weighted by Gasteiger charge is -2.06. The van der Waals surface area contributed by atoms with E-state index in [9.17, 15) is 4.79 Å². The van der Waals surface area contributed by atoms with Crippen molar-refractivity contribution in [2.24, 2.45) is 0 Å². The highest BCUT2D eigenvalue weighted by Crippen LogP contribution is 2.14. The average molecular weight is 230 g/mol. The lowest BCUT2D eigenvalue weighted by molar-refractivity contribution is 0.168. The second kappa shape index (κ2) is 6.14. The quantitative estimate of drug-likeness (QED) is 0.807. The third kappa shape index (κ3) is 4.08. The number of carbonyl (C=O) groups excluding carboxylic acids is 1. The fraction of sp³-hybridized carbons (Fsp3) is 0.300. The summed E-state index contributed by atoms with van der Waals surface area (Å²) < 4.78 is 9.72. The number of benzene rings is 1. The molecule has 0 fully saturated rings. The Bertz CT molecular complexity index is 313. The Labute approximate surface area is 93.1 Å². The maximum absolute atomic E-state index is 11.1. The van der Waals surface area contributed by atoms with Crippen LogP contribution in [0.25, 0.3) is 0 Å². The van der Waals surface area contributed by atoms with E-state index in [1.165, 1.54) is 0 Å². The summed E-state index contributed by atoms with van der Waals surface area (Å²) in [5.41, 5.74) is 0.648. The van der Waals surface area contributed by atoms with Crippen LogP contribution in [0.5, 0.6) is 5.75 Å². The highest BCUT2D eigenvalue weighted by molar-refractivity contribution is 6.18. The van der Waals surface area contributed by atoms with Gasteiger partial charge in [-0.3, -0.25) is 5.32 Å². The van der Waals surface area contributed by atoms with Gasteiger partial charge in [-0.25, -0.2) is 4.79 Å². The predicted octanol–water partition coefficient (Wildman–Crippen LogP) is 2.48. The van der Waals surface area contributed by atoms with Crippen LogP contribution in [0.3, 0.4) is 0 Å². The second-order valence-corrected chi connectivity index (χ2v) is 3.06. The molecular weight excluding hydrogens is 218 g/mol. The Hall–Kier alpha value is -1.42. The Kier molecular flexibility index (Phi) is 4.77. The van der Waals surface area contributed by atoms with Gasteiger partial charge in [-0.1, -0.05) is 0 Å². The first kappa shape index (κ1) is 11.7. The number of alkyl halides is 1. The molecule has 0 heterocycles. The first-order valence-corrected chi connectivity index (χ1v) is 4.93. The number of hydrogen-bond donors (Lipinski definition) is 1. The Morgan fingerprint density at radius 2 is 2.07 bits per heavy atom. The third-order valence-corrected chi connectivity index (χ3v) is 1.80. The molecule has 1 aromatic carbocycles. The number of nitrogens with one attached hydrogen (secondary N) is 1. The minimum atomic E-state index is -0.513. The number of rotatable bonds is 4. The zero-order valence-electron chi connectivity index (χ0n) is 8.33. The van der Waals surface area contributed by atoms with Crippen molar-refractivity contribution in [1.82, 2.24) is 0 Å². The van der Waals surface area contributed by atoms with Gasteiger partial charge in [0.05, 0.1) is 13.0 Å². The normalized spacial score (nSPS) is 9.47. The molecule has 1 amide bonds. The number of ether oxygens (including phenoxy) is 2. The molecule has 0 unspecified atom stereocenters. The van der Waals surface area contributed by atoms with Crippen LogP contribution in [0.4, 0.5) is 10.5 Å². The van der Waals surface area contributed by atoms with Crippen LogP contribution >= 0.6 is 11.6 Å². The zero-order chi connectivity index (χ0) is 11.1. The molecule has 15 heavy (non-hydrogen) atoms. The lowest BCUT2D eigenvalue weighted by Crippen LogP contribution is -2.14. The van der Waals surface area contributed by atoms with Crippen molar-refractivity contribution in [2.45, 2.75) is 0 Å². The molecule has 0 saturated carbocycles. The summed E-state index contributed by atoms with van der Waals surface area (Å²) in [5.74, 6) is 1.02. The highest BCUT2D eigenvalue weighted by atomic mass is 35.5. The van der Waals surface area contributed by atoms with Crippen molar-refractivity contribution in [3.63, 3.8) is 0 Å². The van der Waals surface area contributed by atoms with Crippen LogP contribution in [0.15, 0.2) is 24.3 Å². The Morgan fingerprint density at radius 1 is 1.40 bits per heavy atom. The van der Waals surface area contributed by atoms with Gasteiger partial charge in [0.15, 0.2) is 0 Å². The molecule has 0 radical (unpaired) electrons. The standard InChI is InChI=1S/C10H12ClNO3/c1-14-9-4-2-8(3-5-9)12-10(13)15-7-6-11/h2-5H,6-7H2,1H3,(H,12,13). The minimum Gasteiger partial charge on any atom is -0.497 e. The second-order valence-electron chi connectivity index (χ2n) is 2.68. The molecule has 1 rings (SSSR count). The summed E-state index contributed by atoms with van der Waals surface area (Å²) in [5, 5.41) is 2.55. The molecule has 1 aromatic rings. The molecule has 5 heteroatoms. The van der Waals surface area contributed by atoms with Gasteiger partial charge in [0.25, 0.3) is 0 Å². The van der Waals surface area contributed by atoms with E-state index in [-0.39, 0.29) is 12.5 Å². The molecule has 0 aliphatic carbocycles. The maximum Gasteiger partial charge on any atom is 0.411 e. The molecule has 0 aromatic heterocycles. The van der Waals surface area contributed by atoms with E-state index < -0.39 is 6.09 Å². The number of hydrogen-bond acceptors (Lipinski definition) is 3. The number of anilines is 1. The van der Waals surface area contributed by atoms with Gasteiger partial charge >= 0.3 is 6.09 Å². The van der Waals surface area contributed by atoms with Crippen molar-refractivity contribution in [2.75, 3.05) is 24.9 Å². The number of halogens is 1. The van der Waals surface area contributed by atoms with Crippen LogP contribution < -0.4 is 10.1 Å². The van der Waals surface area contributed by atoms with E-state index in [0.717, 1.165) is 5.75 Å². The molecule has 0 atom stereocenters. The molecule has 0 aliphatic heterocycles. The summed E-state index contributed by atoms with van der Waals surface area (Å²) in [4.78, 5) is 11.1. The SMILES string of the molecule is COc1ccc(NC(=O)OCCCl)cc1. The fourth-order valence-corrected chi connectivity index (χ4v) is 1.04. The highest BCUT2D eigenvalue weighted by Gasteiger charge is 2.01.